The van der Waals surface area contributed by atoms with E-state index in [2.05, 4.69) is 55.6 Å². The predicted octanol–water partition coefficient (Wildman–Crippen LogP) is 4.63. The number of nitrogens with two attached hydrogens (primary N) is 1. The van der Waals surface area contributed by atoms with Gasteiger partial charge in [-0.25, -0.2) is 0 Å². The van der Waals surface area contributed by atoms with Crippen LogP contribution in [-0.2, 0) is 0 Å². The van der Waals surface area contributed by atoms with Crippen LogP contribution in [-0.4, -0.2) is 6.04 Å². The van der Waals surface area contributed by atoms with Crippen molar-refractivity contribution in [1.82, 2.24) is 0 Å². The molecule has 0 saturated heterocycles. The van der Waals surface area contributed by atoms with Crippen LogP contribution in [0.3, 0.4) is 0 Å². The molecule has 2 rings (SSSR count). The van der Waals surface area contributed by atoms with Crippen molar-refractivity contribution in [3.63, 3.8) is 0 Å². The number of benzene rings is 1. The van der Waals surface area contributed by atoms with E-state index < -0.39 is 0 Å². The van der Waals surface area contributed by atoms with Gasteiger partial charge in [0, 0.05) is 15.8 Å². The molecule has 0 amide bonds. The van der Waals surface area contributed by atoms with Gasteiger partial charge in [0.1, 0.15) is 0 Å². The van der Waals surface area contributed by atoms with Gasteiger partial charge in [-0.2, -0.15) is 0 Å². The van der Waals surface area contributed by atoms with Gasteiger partial charge in [0.05, 0.1) is 5.25 Å². The lowest BCUT2D eigenvalue weighted by molar-refractivity contribution is 0.640. The molecule has 1 aromatic heterocycles. The topological polar surface area (TPSA) is 26.0 Å². The summed E-state index contributed by atoms with van der Waals surface area (Å²) in [5.74, 6) is 0. The average molecular weight is 277 g/mol. The number of aryl methyl sites for hydroxylation is 1. The predicted molar refractivity (Wildman–Crippen MR) is 82.4 cm³/mol. The first-order chi connectivity index (χ1) is 8.72. The molecule has 0 radical (unpaired) electrons. The number of thiophene rings is 1. The molecule has 2 atom stereocenters. The second-order valence-corrected chi connectivity index (χ2v) is 6.55. The van der Waals surface area contributed by atoms with Gasteiger partial charge in [0.15, 0.2) is 0 Å². The van der Waals surface area contributed by atoms with Crippen molar-refractivity contribution in [3.8, 4) is 0 Å². The van der Waals surface area contributed by atoms with Gasteiger partial charge in [-0.05, 0) is 36.4 Å². The van der Waals surface area contributed by atoms with E-state index in [0.29, 0.717) is 5.25 Å². The quantitative estimate of drug-likeness (QED) is 0.807. The monoisotopic (exact) mass is 277 g/mol. The molecular weight excluding hydrogens is 258 g/mol. The molecule has 2 unspecified atom stereocenters. The van der Waals surface area contributed by atoms with Crippen LogP contribution in [0.2, 0.25) is 0 Å². The van der Waals surface area contributed by atoms with E-state index in [4.69, 9.17) is 5.73 Å². The number of hydrogen-bond acceptors (Lipinski definition) is 3. The Morgan fingerprint density at radius 2 is 2.00 bits per heavy atom. The highest BCUT2D eigenvalue weighted by molar-refractivity contribution is 7.99. The standard InChI is InChI=1S/C15H19NS2/c1-3-12(16)15(14-9-6-10-17-14)18-13-8-5-4-7-11(13)2/h4-10,12,15H,3,16H2,1-2H3. The summed E-state index contributed by atoms with van der Waals surface area (Å²) >= 11 is 3.69. The molecule has 1 aromatic carbocycles. The van der Waals surface area contributed by atoms with Crippen LogP contribution < -0.4 is 5.73 Å². The lowest BCUT2D eigenvalue weighted by atomic mass is 10.1. The first-order valence-electron chi connectivity index (χ1n) is 6.23. The summed E-state index contributed by atoms with van der Waals surface area (Å²) in [6, 6.07) is 13.0. The zero-order chi connectivity index (χ0) is 13.0. The van der Waals surface area contributed by atoms with Crippen LogP contribution >= 0.6 is 23.1 Å². The highest BCUT2D eigenvalue weighted by atomic mass is 32.2. The minimum absolute atomic E-state index is 0.202. The van der Waals surface area contributed by atoms with Gasteiger partial charge in [-0.3, -0.25) is 0 Å². The molecule has 0 fully saturated rings. The largest absolute Gasteiger partial charge is 0.326 e. The highest BCUT2D eigenvalue weighted by Crippen LogP contribution is 2.41. The van der Waals surface area contributed by atoms with Crippen LogP contribution in [0.1, 0.15) is 29.0 Å². The highest BCUT2D eigenvalue weighted by Gasteiger charge is 2.21. The van der Waals surface area contributed by atoms with Crippen LogP contribution in [0.25, 0.3) is 0 Å². The molecular formula is C15H19NS2. The first kappa shape index (κ1) is 13.7. The lowest BCUT2D eigenvalue weighted by Crippen LogP contribution is -2.25. The minimum Gasteiger partial charge on any atom is -0.326 e. The van der Waals surface area contributed by atoms with Crippen molar-refractivity contribution < 1.29 is 0 Å². The normalized spacial score (nSPS) is 14.4. The van der Waals surface area contributed by atoms with E-state index in [-0.39, 0.29) is 6.04 Å². The van der Waals surface area contributed by atoms with Crippen molar-refractivity contribution in [2.45, 2.75) is 36.5 Å². The van der Waals surface area contributed by atoms with Gasteiger partial charge in [0.25, 0.3) is 0 Å². The minimum atomic E-state index is 0.202. The number of thioether (sulfide) groups is 1. The van der Waals surface area contributed by atoms with Crippen LogP contribution in [0.15, 0.2) is 46.7 Å². The molecule has 1 nitrogen and oxygen atoms in total. The molecule has 18 heavy (non-hydrogen) atoms. The Hall–Kier alpha value is -0.770. The van der Waals surface area contributed by atoms with Gasteiger partial charge in [-0.15, -0.1) is 23.1 Å². The molecule has 0 saturated carbocycles. The third kappa shape index (κ3) is 3.16. The van der Waals surface area contributed by atoms with Gasteiger partial charge < -0.3 is 5.73 Å². The fourth-order valence-corrected chi connectivity index (χ4v) is 4.19. The molecule has 0 aliphatic heterocycles. The van der Waals surface area contributed by atoms with Gasteiger partial charge in [-0.1, -0.05) is 31.2 Å². The maximum absolute atomic E-state index is 6.29. The van der Waals surface area contributed by atoms with Crippen molar-refractivity contribution in [1.29, 1.82) is 0 Å². The van der Waals surface area contributed by atoms with Crippen molar-refractivity contribution in [2.75, 3.05) is 0 Å². The molecule has 0 bridgehead atoms. The third-order valence-electron chi connectivity index (χ3n) is 3.03. The van der Waals surface area contributed by atoms with Crippen LogP contribution in [0.4, 0.5) is 0 Å². The van der Waals surface area contributed by atoms with E-state index >= 15 is 0 Å². The van der Waals surface area contributed by atoms with Gasteiger partial charge >= 0.3 is 0 Å². The molecule has 0 aliphatic rings. The van der Waals surface area contributed by atoms with Gasteiger partial charge in [0.2, 0.25) is 0 Å². The Morgan fingerprint density at radius 1 is 1.22 bits per heavy atom. The zero-order valence-electron chi connectivity index (χ0n) is 10.8. The Kier molecular flexibility index (Phi) is 4.87. The molecule has 2 aromatic rings. The maximum Gasteiger partial charge on any atom is 0.0589 e. The van der Waals surface area contributed by atoms with Crippen molar-refractivity contribution in [2.24, 2.45) is 5.73 Å². The van der Waals surface area contributed by atoms with E-state index in [1.54, 1.807) is 11.3 Å². The third-order valence-corrected chi connectivity index (χ3v) is 5.71. The fraction of sp³-hybridized carbons (Fsp3) is 0.333. The van der Waals surface area contributed by atoms with E-state index in [9.17, 15) is 0 Å². The second-order valence-electron chi connectivity index (χ2n) is 4.39. The first-order valence-corrected chi connectivity index (χ1v) is 7.99. The lowest BCUT2D eigenvalue weighted by Gasteiger charge is -2.22. The second kappa shape index (κ2) is 6.41. The average Bonchev–Trinajstić information content (AvgIpc) is 2.90. The van der Waals surface area contributed by atoms with Crippen molar-refractivity contribution >= 4 is 23.1 Å². The zero-order valence-corrected chi connectivity index (χ0v) is 12.4. The molecule has 0 spiro atoms. The van der Waals surface area contributed by atoms with Crippen LogP contribution in [0, 0.1) is 6.92 Å². The summed E-state index contributed by atoms with van der Waals surface area (Å²) in [6.45, 7) is 4.31. The molecule has 3 heteroatoms. The molecule has 0 aliphatic carbocycles. The Labute approximate surface area is 117 Å². The summed E-state index contributed by atoms with van der Waals surface area (Å²) < 4.78 is 0. The van der Waals surface area contributed by atoms with E-state index in [0.717, 1.165) is 6.42 Å². The molecule has 2 N–H and O–H groups in total. The smallest absolute Gasteiger partial charge is 0.0589 e. The Morgan fingerprint density at radius 3 is 2.61 bits per heavy atom. The SMILES string of the molecule is CCC(N)C(Sc1ccccc1C)c1cccs1. The Bertz CT molecular complexity index is 479. The van der Waals surface area contributed by atoms with Crippen molar-refractivity contribution in [3.05, 3.63) is 52.2 Å². The maximum atomic E-state index is 6.29. The summed E-state index contributed by atoms with van der Waals surface area (Å²) in [4.78, 5) is 2.71. The number of rotatable bonds is 5. The summed E-state index contributed by atoms with van der Waals surface area (Å²) in [6.07, 6.45) is 1.00. The fourth-order valence-electron chi connectivity index (χ4n) is 1.85. The van der Waals surface area contributed by atoms with E-state index in [1.807, 2.05) is 11.8 Å². The summed E-state index contributed by atoms with van der Waals surface area (Å²) in [5, 5.41) is 2.49. The van der Waals surface area contributed by atoms with E-state index in [1.165, 1.54) is 15.3 Å². The molecule has 96 valence electrons. The number of hydrogen-bond donors (Lipinski definition) is 1. The summed E-state index contributed by atoms with van der Waals surface area (Å²) in [5.41, 5.74) is 7.62. The molecule has 1 heterocycles. The summed E-state index contributed by atoms with van der Waals surface area (Å²) in [7, 11) is 0. The Balaban J connectivity index is 2.24. The van der Waals surface area contributed by atoms with Crippen LogP contribution in [0.5, 0.6) is 0 Å².